The summed E-state index contributed by atoms with van der Waals surface area (Å²) >= 11 is 0. The number of hydrogen-bond donors (Lipinski definition) is 1. The highest BCUT2D eigenvalue weighted by atomic mass is 19.4. The van der Waals surface area contributed by atoms with Crippen molar-refractivity contribution >= 4 is 17.6 Å². The van der Waals surface area contributed by atoms with Crippen LogP contribution in [-0.2, 0) is 12.7 Å². The summed E-state index contributed by atoms with van der Waals surface area (Å²) < 4.78 is 45.3. The van der Waals surface area contributed by atoms with E-state index in [2.05, 4.69) is 10.3 Å². The number of methoxy groups -OCH3 is 1. The number of pyridine rings is 1. The highest BCUT2D eigenvalue weighted by Gasteiger charge is 2.37. The molecule has 1 heterocycles. The number of hydrogen-bond acceptors (Lipinski definition) is 6. The van der Waals surface area contributed by atoms with Crippen molar-refractivity contribution in [1.29, 1.82) is 0 Å². The number of ether oxygens (including phenoxy) is 1. The van der Waals surface area contributed by atoms with E-state index < -0.39 is 28.2 Å². The predicted octanol–water partition coefficient (Wildman–Crippen LogP) is 4.16. The Kier molecular flexibility index (Phi) is 6.45. The molecule has 1 N–H and O–H groups in total. The Morgan fingerprint density at radius 1 is 1.29 bits per heavy atom. The van der Waals surface area contributed by atoms with Crippen molar-refractivity contribution in [3.8, 4) is 5.75 Å². The van der Waals surface area contributed by atoms with Gasteiger partial charge in [-0.1, -0.05) is 12.1 Å². The molecule has 0 amide bonds. The summed E-state index contributed by atoms with van der Waals surface area (Å²) in [6.45, 7) is 0.0503. The zero-order chi connectivity index (χ0) is 20.9. The SMILES string of the molecule is COc1ccc(CNc2nc(/C=C/N(C)C)c([N+](=O)[O-])cc2C(F)(F)F)cc1. The van der Waals surface area contributed by atoms with Crippen molar-refractivity contribution in [2.45, 2.75) is 12.7 Å². The van der Waals surface area contributed by atoms with Crippen LogP contribution in [0.25, 0.3) is 6.08 Å². The van der Waals surface area contributed by atoms with Crippen LogP contribution in [0.5, 0.6) is 5.75 Å². The second kappa shape index (κ2) is 8.59. The van der Waals surface area contributed by atoms with Crippen LogP contribution in [0.3, 0.4) is 0 Å². The molecule has 0 saturated carbocycles. The summed E-state index contributed by atoms with van der Waals surface area (Å²) in [5.74, 6) is 0.136. The largest absolute Gasteiger partial charge is 0.497 e. The minimum Gasteiger partial charge on any atom is -0.497 e. The monoisotopic (exact) mass is 396 g/mol. The Hall–Kier alpha value is -3.30. The van der Waals surface area contributed by atoms with E-state index in [9.17, 15) is 23.3 Å². The highest BCUT2D eigenvalue weighted by molar-refractivity contribution is 5.63. The van der Waals surface area contributed by atoms with E-state index in [1.54, 1.807) is 43.3 Å². The number of halogens is 3. The van der Waals surface area contributed by atoms with E-state index in [1.807, 2.05) is 0 Å². The number of aromatic nitrogens is 1. The van der Waals surface area contributed by atoms with Gasteiger partial charge in [-0.05, 0) is 23.8 Å². The molecule has 0 atom stereocenters. The Morgan fingerprint density at radius 3 is 2.43 bits per heavy atom. The molecular formula is C18H19F3N4O3. The maximum atomic E-state index is 13.4. The van der Waals surface area contributed by atoms with Gasteiger partial charge in [0.05, 0.1) is 12.0 Å². The molecule has 0 fully saturated rings. The van der Waals surface area contributed by atoms with Crippen LogP contribution >= 0.6 is 0 Å². The van der Waals surface area contributed by atoms with Gasteiger partial charge in [0.25, 0.3) is 5.69 Å². The lowest BCUT2D eigenvalue weighted by Gasteiger charge is -2.15. The summed E-state index contributed by atoms with van der Waals surface area (Å²) in [6.07, 6.45) is -2.05. The normalized spacial score (nSPS) is 11.5. The first-order valence-electron chi connectivity index (χ1n) is 8.10. The molecule has 2 aromatic rings. The van der Waals surface area contributed by atoms with Gasteiger partial charge in [-0.3, -0.25) is 10.1 Å². The van der Waals surface area contributed by atoms with Crippen LogP contribution in [0, 0.1) is 10.1 Å². The Morgan fingerprint density at radius 2 is 1.93 bits per heavy atom. The number of nitrogens with one attached hydrogen (secondary N) is 1. The summed E-state index contributed by atoms with van der Waals surface area (Å²) in [5.41, 5.74) is -1.40. The maximum Gasteiger partial charge on any atom is 0.420 e. The van der Waals surface area contributed by atoms with Gasteiger partial charge in [0.1, 0.15) is 22.8 Å². The van der Waals surface area contributed by atoms with Gasteiger partial charge < -0.3 is 15.0 Å². The third-order valence-electron chi connectivity index (χ3n) is 3.68. The molecule has 0 aliphatic carbocycles. The van der Waals surface area contributed by atoms with Gasteiger partial charge in [0.15, 0.2) is 0 Å². The zero-order valence-corrected chi connectivity index (χ0v) is 15.4. The molecule has 0 aliphatic heterocycles. The number of rotatable bonds is 7. The molecule has 1 aromatic carbocycles. The highest BCUT2D eigenvalue weighted by Crippen LogP contribution is 2.37. The topological polar surface area (TPSA) is 80.5 Å². The van der Waals surface area contributed by atoms with Gasteiger partial charge in [-0.2, -0.15) is 13.2 Å². The third-order valence-corrected chi connectivity index (χ3v) is 3.68. The molecule has 2 rings (SSSR count). The van der Waals surface area contributed by atoms with Crippen molar-refractivity contribution < 1.29 is 22.8 Å². The number of benzene rings is 1. The van der Waals surface area contributed by atoms with Crippen molar-refractivity contribution in [2.75, 3.05) is 26.5 Å². The quantitative estimate of drug-likeness (QED) is 0.559. The summed E-state index contributed by atoms with van der Waals surface area (Å²) in [6, 6.07) is 7.24. The molecule has 10 heteroatoms. The number of nitrogens with zero attached hydrogens (tertiary/aromatic N) is 3. The number of alkyl halides is 3. The van der Waals surface area contributed by atoms with E-state index >= 15 is 0 Å². The van der Waals surface area contributed by atoms with E-state index in [-0.39, 0.29) is 12.2 Å². The van der Waals surface area contributed by atoms with Crippen molar-refractivity contribution in [3.05, 3.63) is 63.5 Å². The van der Waals surface area contributed by atoms with Crippen LogP contribution < -0.4 is 10.1 Å². The van der Waals surface area contributed by atoms with E-state index in [0.29, 0.717) is 17.4 Å². The average Bonchev–Trinajstić information content (AvgIpc) is 2.63. The summed E-state index contributed by atoms with van der Waals surface area (Å²) in [5, 5.41) is 13.8. The fourth-order valence-corrected chi connectivity index (χ4v) is 2.29. The first-order valence-corrected chi connectivity index (χ1v) is 8.10. The molecule has 28 heavy (non-hydrogen) atoms. The average molecular weight is 396 g/mol. The van der Waals surface area contributed by atoms with Crippen LogP contribution in [0.4, 0.5) is 24.7 Å². The smallest absolute Gasteiger partial charge is 0.420 e. The van der Waals surface area contributed by atoms with Crippen LogP contribution in [0.2, 0.25) is 0 Å². The lowest BCUT2D eigenvalue weighted by atomic mass is 10.1. The van der Waals surface area contributed by atoms with E-state index in [4.69, 9.17) is 4.74 Å². The predicted molar refractivity (Wildman–Crippen MR) is 98.9 cm³/mol. The molecule has 0 bridgehead atoms. The van der Waals surface area contributed by atoms with Gasteiger partial charge in [0.2, 0.25) is 0 Å². The zero-order valence-electron chi connectivity index (χ0n) is 15.4. The molecule has 150 valence electrons. The fraction of sp³-hybridized carbons (Fsp3) is 0.278. The Balaban J connectivity index is 2.43. The Bertz CT molecular complexity index is 866. The van der Waals surface area contributed by atoms with Gasteiger partial charge in [-0.25, -0.2) is 4.98 Å². The van der Waals surface area contributed by atoms with E-state index in [0.717, 1.165) is 0 Å². The van der Waals surface area contributed by atoms with Crippen LogP contribution in [-0.4, -0.2) is 36.0 Å². The number of nitro groups is 1. The van der Waals surface area contributed by atoms with E-state index in [1.165, 1.54) is 19.4 Å². The lowest BCUT2D eigenvalue weighted by Crippen LogP contribution is -2.14. The van der Waals surface area contributed by atoms with Crippen molar-refractivity contribution in [3.63, 3.8) is 0 Å². The second-order valence-corrected chi connectivity index (χ2v) is 6.02. The molecule has 1 aromatic heterocycles. The lowest BCUT2D eigenvalue weighted by molar-refractivity contribution is -0.385. The van der Waals surface area contributed by atoms with Crippen molar-refractivity contribution in [1.82, 2.24) is 9.88 Å². The summed E-state index contributed by atoms with van der Waals surface area (Å²) in [7, 11) is 4.86. The molecule has 0 spiro atoms. The molecule has 7 nitrogen and oxygen atoms in total. The minimum atomic E-state index is -4.80. The minimum absolute atomic E-state index is 0.0503. The molecule has 0 aliphatic rings. The maximum absolute atomic E-state index is 13.4. The first kappa shape index (κ1) is 21.0. The standard InChI is InChI=1S/C18H19F3N4O3/c1-24(2)9-8-15-16(25(26)27)10-14(18(19,20)21)17(23-15)22-11-12-4-6-13(28-3)7-5-12/h4-10H,11H2,1-3H3,(H,22,23)/b9-8+. The van der Waals surface area contributed by atoms with Crippen LogP contribution in [0.15, 0.2) is 36.5 Å². The molecule has 0 radical (unpaired) electrons. The molecule has 0 unspecified atom stereocenters. The van der Waals surface area contributed by atoms with Gasteiger partial charge in [0, 0.05) is 32.9 Å². The third kappa shape index (κ3) is 5.35. The first-order chi connectivity index (χ1) is 13.1. The second-order valence-electron chi connectivity index (χ2n) is 6.02. The number of anilines is 1. The Labute approximate surface area is 159 Å². The summed E-state index contributed by atoms with van der Waals surface area (Å²) in [4.78, 5) is 15.8. The van der Waals surface area contributed by atoms with Gasteiger partial charge in [-0.15, -0.1) is 0 Å². The van der Waals surface area contributed by atoms with Crippen LogP contribution in [0.1, 0.15) is 16.8 Å². The fourth-order valence-electron chi connectivity index (χ4n) is 2.29. The van der Waals surface area contributed by atoms with Gasteiger partial charge >= 0.3 is 6.18 Å². The van der Waals surface area contributed by atoms with Crippen molar-refractivity contribution in [2.24, 2.45) is 0 Å². The molecule has 0 saturated heterocycles. The molecular weight excluding hydrogens is 377 g/mol.